The van der Waals surface area contributed by atoms with E-state index in [2.05, 4.69) is 32.0 Å². The summed E-state index contributed by atoms with van der Waals surface area (Å²) < 4.78 is 2.01. The number of benzene rings is 1. The molecule has 1 heterocycles. The van der Waals surface area contributed by atoms with E-state index in [1.807, 2.05) is 24.6 Å². The topological polar surface area (TPSA) is 22.0 Å². The zero-order chi connectivity index (χ0) is 12.6. The number of hydrogen-bond donors (Lipinski definition) is 0. The van der Waals surface area contributed by atoms with Gasteiger partial charge in [-0.15, -0.1) is 0 Å². The summed E-state index contributed by atoms with van der Waals surface area (Å²) in [5, 5.41) is 1.15. The fourth-order valence-corrected chi connectivity index (χ4v) is 2.15. The highest BCUT2D eigenvalue weighted by atomic mass is 16.1. The highest BCUT2D eigenvalue weighted by Crippen LogP contribution is 2.24. The standard InChI is InChI=1S/C15H19NO/c1-5-15(17)14-9-12-7-6-11(10(2)3)8-13(12)16(14)4/h6-10H,5H2,1-4H3. The van der Waals surface area contributed by atoms with Crippen LogP contribution in [0.5, 0.6) is 0 Å². The molecule has 1 aromatic carbocycles. The summed E-state index contributed by atoms with van der Waals surface area (Å²) in [7, 11) is 1.97. The third-order valence-corrected chi connectivity index (χ3v) is 3.34. The second kappa shape index (κ2) is 4.36. The van der Waals surface area contributed by atoms with E-state index in [1.54, 1.807) is 0 Å². The Bertz CT molecular complexity index is 564. The lowest BCUT2D eigenvalue weighted by atomic mass is 10.0. The smallest absolute Gasteiger partial charge is 0.178 e. The minimum absolute atomic E-state index is 0.204. The van der Waals surface area contributed by atoms with Crippen LogP contribution in [-0.4, -0.2) is 10.4 Å². The van der Waals surface area contributed by atoms with Gasteiger partial charge in [0.15, 0.2) is 5.78 Å². The van der Waals surface area contributed by atoms with Crippen LogP contribution in [0.15, 0.2) is 24.3 Å². The van der Waals surface area contributed by atoms with Crippen LogP contribution in [0.1, 0.15) is 49.2 Å². The van der Waals surface area contributed by atoms with Crippen molar-refractivity contribution in [3.05, 3.63) is 35.5 Å². The summed E-state index contributed by atoms with van der Waals surface area (Å²) in [5.74, 6) is 0.717. The molecule has 0 atom stereocenters. The van der Waals surface area contributed by atoms with Crippen molar-refractivity contribution >= 4 is 16.7 Å². The first kappa shape index (κ1) is 11.9. The third kappa shape index (κ3) is 1.99. The number of nitrogens with zero attached hydrogens (tertiary/aromatic N) is 1. The Hall–Kier alpha value is -1.57. The summed E-state index contributed by atoms with van der Waals surface area (Å²) in [6, 6.07) is 8.43. The van der Waals surface area contributed by atoms with Gasteiger partial charge in [-0.3, -0.25) is 4.79 Å². The highest BCUT2D eigenvalue weighted by molar-refractivity contribution is 6.00. The van der Waals surface area contributed by atoms with Crippen LogP contribution < -0.4 is 0 Å². The average molecular weight is 229 g/mol. The molecule has 0 aliphatic carbocycles. The number of aromatic nitrogens is 1. The molecule has 0 spiro atoms. The van der Waals surface area contributed by atoms with E-state index in [1.165, 1.54) is 5.56 Å². The van der Waals surface area contributed by atoms with Crippen LogP contribution >= 0.6 is 0 Å². The van der Waals surface area contributed by atoms with Crippen molar-refractivity contribution in [2.24, 2.45) is 7.05 Å². The lowest BCUT2D eigenvalue weighted by Crippen LogP contribution is -2.03. The summed E-state index contributed by atoms with van der Waals surface area (Å²) in [6.45, 7) is 6.27. The Morgan fingerprint density at radius 1 is 1.29 bits per heavy atom. The summed E-state index contributed by atoms with van der Waals surface area (Å²) in [4.78, 5) is 11.8. The van der Waals surface area contributed by atoms with Crippen molar-refractivity contribution in [3.8, 4) is 0 Å². The summed E-state index contributed by atoms with van der Waals surface area (Å²) >= 11 is 0. The van der Waals surface area contributed by atoms with Gasteiger partial charge in [-0.1, -0.05) is 32.9 Å². The molecule has 90 valence electrons. The van der Waals surface area contributed by atoms with Crippen LogP contribution in [0.3, 0.4) is 0 Å². The lowest BCUT2D eigenvalue weighted by molar-refractivity contribution is 0.0981. The van der Waals surface area contributed by atoms with E-state index < -0.39 is 0 Å². The van der Waals surface area contributed by atoms with E-state index >= 15 is 0 Å². The SMILES string of the molecule is CCC(=O)c1cc2ccc(C(C)C)cc2n1C. The van der Waals surface area contributed by atoms with E-state index in [4.69, 9.17) is 0 Å². The molecule has 2 aromatic rings. The van der Waals surface area contributed by atoms with Gasteiger partial charge in [0.25, 0.3) is 0 Å². The molecule has 1 aromatic heterocycles. The Labute approximate surface area is 102 Å². The Morgan fingerprint density at radius 3 is 2.59 bits per heavy atom. The fourth-order valence-electron chi connectivity index (χ4n) is 2.15. The van der Waals surface area contributed by atoms with Gasteiger partial charge in [0.05, 0.1) is 5.69 Å². The molecule has 0 fully saturated rings. The molecule has 0 unspecified atom stereocenters. The Balaban J connectivity index is 2.62. The molecular weight excluding hydrogens is 210 g/mol. The van der Waals surface area contributed by atoms with Crippen LogP contribution in [0.25, 0.3) is 10.9 Å². The predicted molar refractivity (Wildman–Crippen MR) is 71.6 cm³/mol. The number of rotatable bonds is 3. The second-order valence-electron chi connectivity index (χ2n) is 4.84. The number of carbonyl (C=O) groups excluding carboxylic acids is 1. The third-order valence-electron chi connectivity index (χ3n) is 3.34. The Kier molecular flexibility index (Phi) is 3.05. The number of hydrogen-bond acceptors (Lipinski definition) is 1. The predicted octanol–water partition coefficient (Wildman–Crippen LogP) is 3.89. The minimum atomic E-state index is 0.204. The lowest BCUT2D eigenvalue weighted by Gasteiger charge is -2.06. The van der Waals surface area contributed by atoms with Crippen LogP contribution in [-0.2, 0) is 7.05 Å². The maximum atomic E-state index is 11.8. The molecule has 0 amide bonds. The van der Waals surface area contributed by atoms with Gasteiger partial charge in [0.2, 0.25) is 0 Å². The molecule has 0 saturated heterocycles. The fraction of sp³-hybridized carbons (Fsp3) is 0.400. The first-order valence-electron chi connectivity index (χ1n) is 6.17. The molecule has 0 aliphatic rings. The second-order valence-corrected chi connectivity index (χ2v) is 4.84. The minimum Gasteiger partial charge on any atom is -0.341 e. The summed E-state index contributed by atoms with van der Waals surface area (Å²) in [5.41, 5.74) is 3.27. The normalized spacial score (nSPS) is 11.4. The van der Waals surface area contributed by atoms with Crippen LogP contribution in [0, 0.1) is 0 Å². The van der Waals surface area contributed by atoms with Crippen molar-refractivity contribution in [2.45, 2.75) is 33.1 Å². The maximum absolute atomic E-state index is 11.8. The highest BCUT2D eigenvalue weighted by Gasteiger charge is 2.12. The molecule has 0 saturated carbocycles. The molecule has 2 heteroatoms. The van der Waals surface area contributed by atoms with Crippen LogP contribution in [0.4, 0.5) is 0 Å². The molecule has 17 heavy (non-hydrogen) atoms. The molecule has 0 bridgehead atoms. The van der Waals surface area contributed by atoms with Gasteiger partial charge >= 0.3 is 0 Å². The molecule has 0 radical (unpaired) electrons. The van der Waals surface area contributed by atoms with E-state index in [-0.39, 0.29) is 5.78 Å². The molecule has 0 aliphatic heterocycles. The van der Waals surface area contributed by atoms with Crippen molar-refractivity contribution in [2.75, 3.05) is 0 Å². The monoisotopic (exact) mass is 229 g/mol. The number of aryl methyl sites for hydroxylation is 1. The quantitative estimate of drug-likeness (QED) is 0.732. The molecule has 0 N–H and O–H groups in total. The number of fused-ring (bicyclic) bond motifs is 1. The van der Waals surface area contributed by atoms with Crippen molar-refractivity contribution < 1.29 is 4.79 Å². The largest absolute Gasteiger partial charge is 0.341 e. The molecule has 2 rings (SSSR count). The number of ketones is 1. The van der Waals surface area contributed by atoms with Gasteiger partial charge in [-0.25, -0.2) is 0 Å². The maximum Gasteiger partial charge on any atom is 0.178 e. The first-order valence-corrected chi connectivity index (χ1v) is 6.17. The molecular formula is C15H19NO. The number of carbonyl (C=O) groups is 1. The Morgan fingerprint density at radius 2 is 2.00 bits per heavy atom. The van der Waals surface area contributed by atoms with Gasteiger partial charge in [-0.05, 0) is 23.6 Å². The van der Waals surface area contributed by atoms with Crippen molar-refractivity contribution in [1.82, 2.24) is 4.57 Å². The summed E-state index contributed by atoms with van der Waals surface area (Å²) in [6.07, 6.45) is 0.557. The van der Waals surface area contributed by atoms with Gasteiger partial charge in [0, 0.05) is 24.4 Å². The van der Waals surface area contributed by atoms with Gasteiger partial charge < -0.3 is 4.57 Å². The van der Waals surface area contributed by atoms with Crippen molar-refractivity contribution in [1.29, 1.82) is 0 Å². The number of Topliss-reactive ketones (excluding diaryl/α,β-unsaturated/α-hetero) is 1. The molecule has 2 nitrogen and oxygen atoms in total. The van der Waals surface area contributed by atoms with Crippen LogP contribution in [0.2, 0.25) is 0 Å². The van der Waals surface area contributed by atoms with E-state index in [9.17, 15) is 4.79 Å². The van der Waals surface area contributed by atoms with Gasteiger partial charge in [0.1, 0.15) is 0 Å². The van der Waals surface area contributed by atoms with E-state index in [0.29, 0.717) is 12.3 Å². The van der Waals surface area contributed by atoms with Gasteiger partial charge in [-0.2, -0.15) is 0 Å². The average Bonchev–Trinajstić information content (AvgIpc) is 2.65. The zero-order valence-electron chi connectivity index (χ0n) is 10.9. The zero-order valence-corrected chi connectivity index (χ0v) is 10.9. The van der Waals surface area contributed by atoms with E-state index in [0.717, 1.165) is 16.6 Å². The first-order chi connectivity index (χ1) is 8.04. The van der Waals surface area contributed by atoms with Crippen molar-refractivity contribution in [3.63, 3.8) is 0 Å².